The SMILES string of the molecule is CC1(C)CC1CNS(=O)(=O)c1c(N)cc(Br)cc1Br. The highest BCUT2D eigenvalue weighted by Crippen LogP contribution is 2.51. The van der Waals surface area contributed by atoms with Gasteiger partial charge < -0.3 is 5.73 Å². The van der Waals surface area contributed by atoms with Gasteiger partial charge in [-0.15, -0.1) is 0 Å². The minimum absolute atomic E-state index is 0.106. The summed E-state index contributed by atoms with van der Waals surface area (Å²) in [6, 6.07) is 3.26. The first-order valence-corrected chi connectivity index (χ1v) is 8.94. The van der Waals surface area contributed by atoms with Crippen molar-refractivity contribution < 1.29 is 8.42 Å². The highest BCUT2D eigenvalue weighted by Gasteiger charge is 2.45. The Bertz CT molecular complexity index is 591. The number of hydrogen-bond acceptors (Lipinski definition) is 3. The molecule has 3 N–H and O–H groups in total. The molecule has 1 aliphatic carbocycles. The van der Waals surface area contributed by atoms with E-state index >= 15 is 0 Å². The van der Waals surface area contributed by atoms with E-state index in [9.17, 15) is 8.42 Å². The zero-order chi connectivity index (χ0) is 14.4. The van der Waals surface area contributed by atoms with Gasteiger partial charge in [0, 0.05) is 15.5 Å². The van der Waals surface area contributed by atoms with Gasteiger partial charge in [0.2, 0.25) is 10.0 Å². The van der Waals surface area contributed by atoms with Crippen molar-refractivity contribution in [1.82, 2.24) is 4.72 Å². The van der Waals surface area contributed by atoms with Gasteiger partial charge in [-0.25, -0.2) is 13.1 Å². The topological polar surface area (TPSA) is 72.2 Å². The van der Waals surface area contributed by atoms with Crippen LogP contribution in [-0.2, 0) is 10.0 Å². The number of anilines is 1. The fourth-order valence-electron chi connectivity index (χ4n) is 2.07. The lowest BCUT2D eigenvalue weighted by atomic mass is 10.1. The molecule has 1 unspecified atom stereocenters. The molecule has 1 atom stereocenters. The third kappa shape index (κ3) is 3.32. The number of nitrogens with one attached hydrogen (secondary N) is 1. The van der Waals surface area contributed by atoms with Crippen LogP contribution in [0.25, 0.3) is 0 Å². The van der Waals surface area contributed by atoms with Crippen LogP contribution in [0.4, 0.5) is 5.69 Å². The molecule has 7 heteroatoms. The molecule has 1 fully saturated rings. The number of hydrogen-bond donors (Lipinski definition) is 2. The molecule has 1 saturated carbocycles. The van der Waals surface area contributed by atoms with E-state index in [4.69, 9.17) is 5.73 Å². The molecule has 0 radical (unpaired) electrons. The van der Waals surface area contributed by atoms with Crippen molar-refractivity contribution in [3.63, 3.8) is 0 Å². The van der Waals surface area contributed by atoms with Gasteiger partial charge in [-0.2, -0.15) is 0 Å². The predicted molar refractivity (Wildman–Crippen MR) is 83.3 cm³/mol. The van der Waals surface area contributed by atoms with Crippen molar-refractivity contribution in [3.8, 4) is 0 Å². The summed E-state index contributed by atoms with van der Waals surface area (Å²) in [7, 11) is -3.59. The fraction of sp³-hybridized carbons (Fsp3) is 0.500. The molecule has 1 aliphatic rings. The van der Waals surface area contributed by atoms with Crippen molar-refractivity contribution in [2.24, 2.45) is 11.3 Å². The Labute approximate surface area is 130 Å². The summed E-state index contributed by atoms with van der Waals surface area (Å²) in [6.45, 7) is 4.73. The summed E-state index contributed by atoms with van der Waals surface area (Å²) in [4.78, 5) is 0.106. The Morgan fingerprint density at radius 3 is 2.47 bits per heavy atom. The van der Waals surface area contributed by atoms with E-state index in [2.05, 4.69) is 50.4 Å². The standard InChI is InChI=1S/C12H16Br2N2O2S/c1-12(2)5-7(12)6-16-19(17,18)11-9(14)3-8(13)4-10(11)15/h3-4,7,16H,5-6,15H2,1-2H3. The van der Waals surface area contributed by atoms with Crippen LogP contribution in [0.15, 0.2) is 26.0 Å². The van der Waals surface area contributed by atoms with Crippen LogP contribution in [0.3, 0.4) is 0 Å². The second-order valence-corrected chi connectivity index (χ2v) is 9.02. The maximum atomic E-state index is 12.3. The predicted octanol–water partition coefficient (Wildman–Crippen LogP) is 3.12. The van der Waals surface area contributed by atoms with Crippen molar-refractivity contribution >= 4 is 47.6 Å². The minimum atomic E-state index is -3.59. The molecule has 0 bridgehead atoms. The number of nitrogen functional groups attached to an aromatic ring is 1. The van der Waals surface area contributed by atoms with Gasteiger partial charge in [0.05, 0.1) is 5.69 Å². The van der Waals surface area contributed by atoms with Gasteiger partial charge in [0.15, 0.2) is 0 Å². The van der Waals surface area contributed by atoms with Crippen LogP contribution < -0.4 is 10.5 Å². The van der Waals surface area contributed by atoms with Crippen LogP contribution in [0, 0.1) is 11.3 Å². The summed E-state index contributed by atoms with van der Waals surface area (Å²) < 4.78 is 28.4. The fourth-order valence-corrected chi connectivity index (χ4v) is 5.22. The van der Waals surface area contributed by atoms with Crippen LogP contribution in [0.2, 0.25) is 0 Å². The Balaban J connectivity index is 2.20. The summed E-state index contributed by atoms with van der Waals surface area (Å²) in [5.41, 5.74) is 6.27. The van der Waals surface area contributed by atoms with Gasteiger partial charge in [-0.05, 0) is 45.8 Å². The average Bonchev–Trinajstić information content (AvgIpc) is 2.81. The molecular formula is C12H16Br2N2O2S. The Morgan fingerprint density at radius 1 is 1.42 bits per heavy atom. The molecule has 4 nitrogen and oxygen atoms in total. The van der Waals surface area contributed by atoms with E-state index in [-0.39, 0.29) is 16.0 Å². The third-order valence-electron chi connectivity index (χ3n) is 3.54. The van der Waals surface area contributed by atoms with E-state index in [1.54, 1.807) is 12.1 Å². The van der Waals surface area contributed by atoms with E-state index in [1.807, 2.05) is 0 Å². The lowest BCUT2D eigenvalue weighted by Gasteiger charge is -2.12. The van der Waals surface area contributed by atoms with Crippen molar-refractivity contribution in [1.29, 1.82) is 0 Å². The summed E-state index contributed by atoms with van der Waals surface area (Å²) in [5.74, 6) is 0.401. The Kier molecular flexibility index (Phi) is 4.04. The molecule has 0 saturated heterocycles. The smallest absolute Gasteiger partial charge is 0.243 e. The van der Waals surface area contributed by atoms with E-state index < -0.39 is 10.0 Å². The normalized spacial score (nSPS) is 21.4. The summed E-state index contributed by atoms with van der Waals surface area (Å²) in [6.07, 6.45) is 1.05. The van der Waals surface area contributed by atoms with Gasteiger partial charge in [0.25, 0.3) is 0 Å². The zero-order valence-electron chi connectivity index (χ0n) is 10.7. The molecule has 2 rings (SSSR count). The molecule has 106 valence electrons. The summed E-state index contributed by atoms with van der Waals surface area (Å²) in [5, 5.41) is 0. The lowest BCUT2D eigenvalue weighted by Crippen LogP contribution is -2.27. The van der Waals surface area contributed by atoms with Crippen LogP contribution in [-0.4, -0.2) is 15.0 Å². The average molecular weight is 412 g/mol. The van der Waals surface area contributed by atoms with Crippen LogP contribution in [0.1, 0.15) is 20.3 Å². The van der Waals surface area contributed by atoms with Crippen LogP contribution in [0.5, 0.6) is 0 Å². The molecule has 19 heavy (non-hydrogen) atoms. The molecule has 1 aromatic rings. The molecule has 0 amide bonds. The third-order valence-corrected chi connectivity index (χ3v) is 6.43. The van der Waals surface area contributed by atoms with Gasteiger partial charge in [0.1, 0.15) is 4.90 Å². The van der Waals surface area contributed by atoms with Gasteiger partial charge >= 0.3 is 0 Å². The lowest BCUT2D eigenvalue weighted by molar-refractivity contribution is 0.537. The first kappa shape index (κ1) is 15.3. The van der Waals surface area contributed by atoms with E-state index in [0.29, 0.717) is 16.9 Å². The van der Waals surface area contributed by atoms with Gasteiger partial charge in [-0.3, -0.25) is 0 Å². The highest BCUT2D eigenvalue weighted by molar-refractivity contribution is 9.11. The van der Waals surface area contributed by atoms with Gasteiger partial charge in [-0.1, -0.05) is 29.8 Å². The van der Waals surface area contributed by atoms with Crippen molar-refractivity contribution in [3.05, 3.63) is 21.1 Å². The van der Waals surface area contributed by atoms with E-state index in [1.165, 1.54) is 0 Å². The summed E-state index contributed by atoms with van der Waals surface area (Å²) >= 11 is 6.53. The number of nitrogens with two attached hydrogens (primary N) is 1. The zero-order valence-corrected chi connectivity index (χ0v) is 14.7. The maximum absolute atomic E-state index is 12.3. The van der Waals surface area contributed by atoms with Crippen LogP contribution >= 0.6 is 31.9 Å². The maximum Gasteiger partial charge on any atom is 0.243 e. The molecule has 0 heterocycles. The first-order valence-electron chi connectivity index (χ1n) is 5.88. The molecule has 1 aromatic carbocycles. The van der Waals surface area contributed by atoms with Crippen molar-refractivity contribution in [2.75, 3.05) is 12.3 Å². The molecule has 0 aliphatic heterocycles. The Morgan fingerprint density at radius 2 is 2.00 bits per heavy atom. The monoisotopic (exact) mass is 410 g/mol. The number of sulfonamides is 1. The number of rotatable bonds is 4. The minimum Gasteiger partial charge on any atom is -0.398 e. The largest absolute Gasteiger partial charge is 0.398 e. The van der Waals surface area contributed by atoms with Crippen molar-refractivity contribution in [2.45, 2.75) is 25.2 Å². The quantitative estimate of drug-likeness (QED) is 0.747. The Hall–Kier alpha value is -0.110. The second kappa shape index (κ2) is 5.02. The second-order valence-electron chi connectivity index (χ2n) is 5.55. The molecule has 0 aromatic heterocycles. The number of benzene rings is 1. The number of halogens is 2. The molecule has 0 spiro atoms. The first-order chi connectivity index (χ1) is 8.63. The van der Waals surface area contributed by atoms with E-state index in [0.717, 1.165) is 10.9 Å². The highest BCUT2D eigenvalue weighted by atomic mass is 79.9. The molecular weight excluding hydrogens is 396 g/mol.